The number of hydrogen-bond donors (Lipinski definition) is 1. The van der Waals surface area contributed by atoms with Gasteiger partial charge >= 0.3 is 0 Å². The third kappa shape index (κ3) is 4.51. The Hall–Kier alpha value is -2.31. The van der Waals surface area contributed by atoms with Crippen LogP contribution in [-0.4, -0.2) is 62.1 Å². The van der Waals surface area contributed by atoms with Crippen molar-refractivity contribution in [2.75, 3.05) is 46.4 Å². The van der Waals surface area contributed by atoms with Crippen LogP contribution in [0.4, 0.5) is 0 Å². The van der Waals surface area contributed by atoms with Crippen molar-refractivity contribution in [3.8, 4) is 5.75 Å². The molecule has 4 rings (SSSR count). The molecular weight excluding hydrogens is 342 g/mol. The smallest absolute Gasteiger partial charge is 0.287 e. The Morgan fingerprint density at radius 3 is 2.81 bits per heavy atom. The van der Waals surface area contributed by atoms with Crippen molar-refractivity contribution < 1.29 is 13.9 Å². The van der Waals surface area contributed by atoms with E-state index in [1.54, 1.807) is 6.07 Å². The molecule has 27 heavy (non-hydrogen) atoms. The minimum Gasteiger partial charge on any atom is -0.493 e. The molecule has 2 aliphatic heterocycles. The van der Waals surface area contributed by atoms with Gasteiger partial charge in [0.2, 0.25) is 0 Å². The summed E-state index contributed by atoms with van der Waals surface area (Å²) in [5, 5.41) is 2.99. The van der Waals surface area contributed by atoms with Crippen molar-refractivity contribution in [1.29, 1.82) is 0 Å². The summed E-state index contributed by atoms with van der Waals surface area (Å²) in [5.74, 6) is 2.32. The lowest BCUT2D eigenvalue weighted by molar-refractivity contribution is 0.0904. The highest BCUT2D eigenvalue weighted by atomic mass is 16.5. The van der Waals surface area contributed by atoms with Gasteiger partial charge in [0, 0.05) is 38.6 Å². The molecule has 1 aromatic carbocycles. The molecule has 1 aromatic heterocycles. The molecule has 1 amide bonds. The first-order valence-corrected chi connectivity index (χ1v) is 9.66. The number of para-hydroxylation sites is 1. The average Bonchev–Trinajstić information content (AvgIpc) is 3.16. The zero-order chi connectivity index (χ0) is 18.6. The van der Waals surface area contributed by atoms with Crippen LogP contribution in [0.25, 0.3) is 0 Å². The topological polar surface area (TPSA) is 58.0 Å². The van der Waals surface area contributed by atoms with E-state index in [0.717, 1.165) is 50.7 Å². The van der Waals surface area contributed by atoms with Crippen LogP contribution in [0.1, 0.15) is 21.9 Å². The molecule has 0 saturated carbocycles. The summed E-state index contributed by atoms with van der Waals surface area (Å²) in [7, 11) is 2.14. The number of nitrogens with one attached hydrogen (secondary N) is 1. The van der Waals surface area contributed by atoms with Crippen LogP contribution in [0, 0.1) is 5.92 Å². The Bertz CT molecular complexity index is 780. The first kappa shape index (κ1) is 18.1. The summed E-state index contributed by atoms with van der Waals surface area (Å²) in [5.41, 5.74) is 1.20. The van der Waals surface area contributed by atoms with Gasteiger partial charge in [-0.2, -0.15) is 0 Å². The van der Waals surface area contributed by atoms with E-state index in [9.17, 15) is 4.79 Å². The normalized spacial score (nSPS) is 20.7. The van der Waals surface area contributed by atoms with Crippen molar-refractivity contribution >= 4 is 5.91 Å². The average molecular weight is 369 g/mol. The highest BCUT2D eigenvalue weighted by Gasteiger charge is 2.21. The van der Waals surface area contributed by atoms with E-state index < -0.39 is 0 Å². The highest BCUT2D eigenvalue weighted by Crippen LogP contribution is 2.26. The number of rotatable bonds is 5. The number of piperazine rings is 1. The lowest BCUT2D eigenvalue weighted by Crippen LogP contribution is -2.43. The molecule has 0 spiro atoms. The molecule has 6 nitrogen and oxygen atoms in total. The second-order valence-electron chi connectivity index (χ2n) is 7.54. The van der Waals surface area contributed by atoms with Crippen LogP contribution in [0.15, 0.2) is 40.8 Å². The molecule has 1 N–H and O–H groups in total. The first-order valence-electron chi connectivity index (χ1n) is 9.66. The standard InChI is InChI=1S/C21H27N3O3/c1-23-8-10-24(11-9-23)14-18-6-7-20(27-18)21(25)22-13-16-12-17-4-2-3-5-19(17)26-15-16/h2-7,16H,8-15H2,1H3,(H,22,25)/t16-/m1/s1. The van der Waals surface area contributed by atoms with Crippen molar-refractivity contribution in [3.05, 3.63) is 53.5 Å². The summed E-state index contributed by atoms with van der Waals surface area (Å²) in [6.07, 6.45) is 0.920. The van der Waals surface area contributed by atoms with Gasteiger partial charge in [-0.05, 0) is 37.2 Å². The van der Waals surface area contributed by atoms with E-state index in [1.807, 2.05) is 24.3 Å². The van der Waals surface area contributed by atoms with Crippen LogP contribution in [-0.2, 0) is 13.0 Å². The predicted octanol–water partition coefficient (Wildman–Crippen LogP) is 2.01. The summed E-state index contributed by atoms with van der Waals surface area (Å²) in [4.78, 5) is 17.1. The lowest BCUT2D eigenvalue weighted by atomic mass is 9.97. The second kappa shape index (κ2) is 8.15. The lowest BCUT2D eigenvalue weighted by Gasteiger charge is -2.31. The highest BCUT2D eigenvalue weighted by molar-refractivity contribution is 5.91. The van der Waals surface area contributed by atoms with Crippen LogP contribution >= 0.6 is 0 Å². The fraction of sp³-hybridized carbons (Fsp3) is 0.476. The van der Waals surface area contributed by atoms with Crippen molar-refractivity contribution in [3.63, 3.8) is 0 Å². The van der Waals surface area contributed by atoms with Gasteiger partial charge in [0.25, 0.3) is 5.91 Å². The maximum atomic E-state index is 12.4. The van der Waals surface area contributed by atoms with Gasteiger partial charge in [-0.1, -0.05) is 18.2 Å². The van der Waals surface area contributed by atoms with Crippen molar-refractivity contribution in [2.24, 2.45) is 5.92 Å². The number of likely N-dealkylation sites (N-methyl/N-ethyl adjacent to an activating group) is 1. The van der Waals surface area contributed by atoms with E-state index in [-0.39, 0.29) is 11.8 Å². The number of ether oxygens (including phenoxy) is 1. The van der Waals surface area contributed by atoms with Gasteiger partial charge in [0.1, 0.15) is 11.5 Å². The Balaban J connectivity index is 1.26. The Labute approximate surface area is 160 Å². The van der Waals surface area contributed by atoms with E-state index in [1.165, 1.54) is 5.56 Å². The van der Waals surface area contributed by atoms with Gasteiger partial charge < -0.3 is 19.4 Å². The molecule has 0 radical (unpaired) electrons. The number of carbonyl (C=O) groups excluding carboxylic acids is 1. The third-order valence-electron chi connectivity index (χ3n) is 5.37. The maximum Gasteiger partial charge on any atom is 0.287 e. The minimum atomic E-state index is -0.154. The van der Waals surface area contributed by atoms with Crippen LogP contribution in [0.2, 0.25) is 0 Å². The predicted molar refractivity (Wildman–Crippen MR) is 103 cm³/mol. The van der Waals surface area contributed by atoms with E-state index >= 15 is 0 Å². The molecular formula is C21H27N3O3. The molecule has 1 fully saturated rings. The largest absolute Gasteiger partial charge is 0.493 e. The van der Waals surface area contributed by atoms with Gasteiger partial charge in [-0.25, -0.2) is 0 Å². The van der Waals surface area contributed by atoms with E-state index in [4.69, 9.17) is 9.15 Å². The van der Waals surface area contributed by atoms with E-state index in [0.29, 0.717) is 18.9 Å². The number of fused-ring (bicyclic) bond motifs is 1. The molecule has 1 atom stereocenters. The van der Waals surface area contributed by atoms with Crippen LogP contribution in [0.5, 0.6) is 5.75 Å². The van der Waals surface area contributed by atoms with Gasteiger partial charge in [-0.15, -0.1) is 0 Å². The quantitative estimate of drug-likeness (QED) is 0.874. The maximum absolute atomic E-state index is 12.4. The van der Waals surface area contributed by atoms with Gasteiger partial charge in [0.15, 0.2) is 5.76 Å². The van der Waals surface area contributed by atoms with Crippen LogP contribution in [0.3, 0.4) is 0 Å². The Morgan fingerprint density at radius 1 is 1.15 bits per heavy atom. The molecule has 2 aliphatic rings. The molecule has 2 aromatic rings. The fourth-order valence-corrected chi connectivity index (χ4v) is 3.66. The number of carbonyl (C=O) groups is 1. The summed E-state index contributed by atoms with van der Waals surface area (Å²) < 4.78 is 11.6. The SMILES string of the molecule is CN1CCN(Cc2ccc(C(=O)NC[C@@H]3COc4ccccc4C3)o2)CC1. The minimum absolute atomic E-state index is 0.154. The molecule has 6 heteroatoms. The molecule has 0 aliphatic carbocycles. The number of furan rings is 1. The second-order valence-corrected chi connectivity index (χ2v) is 7.54. The first-order chi connectivity index (χ1) is 13.2. The summed E-state index contributed by atoms with van der Waals surface area (Å²) >= 11 is 0. The summed E-state index contributed by atoms with van der Waals surface area (Å²) in [6, 6.07) is 11.8. The zero-order valence-corrected chi connectivity index (χ0v) is 15.8. The fourth-order valence-electron chi connectivity index (χ4n) is 3.66. The molecule has 0 unspecified atom stereocenters. The van der Waals surface area contributed by atoms with Crippen LogP contribution < -0.4 is 10.1 Å². The van der Waals surface area contributed by atoms with Gasteiger partial charge in [-0.3, -0.25) is 9.69 Å². The van der Waals surface area contributed by atoms with Gasteiger partial charge in [0.05, 0.1) is 13.2 Å². The number of benzene rings is 1. The zero-order valence-electron chi connectivity index (χ0n) is 15.8. The number of amides is 1. The third-order valence-corrected chi connectivity index (χ3v) is 5.37. The van der Waals surface area contributed by atoms with Crippen molar-refractivity contribution in [2.45, 2.75) is 13.0 Å². The molecule has 0 bridgehead atoms. The molecule has 144 valence electrons. The van der Waals surface area contributed by atoms with Crippen molar-refractivity contribution in [1.82, 2.24) is 15.1 Å². The molecule has 1 saturated heterocycles. The monoisotopic (exact) mass is 369 g/mol. The molecule has 3 heterocycles. The number of nitrogens with zero attached hydrogens (tertiary/aromatic N) is 2. The number of hydrogen-bond acceptors (Lipinski definition) is 5. The van der Waals surface area contributed by atoms with E-state index in [2.05, 4.69) is 28.2 Å². The Kier molecular flexibility index (Phi) is 5.45. The Morgan fingerprint density at radius 2 is 1.96 bits per heavy atom. The summed E-state index contributed by atoms with van der Waals surface area (Å²) in [6.45, 7) is 6.17.